The van der Waals surface area contributed by atoms with Crippen molar-refractivity contribution in [1.29, 1.82) is 0 Å². The molecule has 112 valence electrons. The number of hydrogen-bond acceptors (Lipinski definition) is 3. The fourth-order valence-electron chi connectivity index (χ4n) is 2.81. The topological polar surface area (TPSA) is 35.5 Å². The third-order valence-electron chi connectivity index (χ3n) is 3.89. The standard InChI is InChI=1S/C19H18O3/c1-12-4-6-15(13(2)10-12)16-8-9-22-18-7-5-14(11-17(16)18)19(20)21-3/h4-8,10-11H,9H2,1-3H3. The number of benzene rings is 2. The lowest BCUT2D eigenvalue weighted by molar-refractivity contribution is 0.0600. The molecule has 0 aromatic heterocycles. The van der Waals surface area contributed by atoms with E-state index in [-0.39, 0.29) is 5.97 Å². The van der Waals surface area contributed by atoms with Gasteiger partial charge in [0.15, 0.2) is 0 Å². The van der Waals surface area contributed by atoms with Crippen LogP contribution in [0.3, 0.4) is 0 Å². The van der Waals surface area contributed by atoms with Gasteiger partial charge >= 0.3 is 5.97 Å². The molecular formula is C19H18O3. The van der Waals surface area contributed by atoms with E-state index < -0.39 is 0 Å². The normalized spacial score (nSPS) is 13.0. The minimum Gasteiger partial charge on any atom is -0.489 e. The van der Waals surface area contributed by atoms with E-state index in [2.05, 4.69) is 38.1 Å². The van der Waals surface area contributed by atoms with Crippen LogP contribution in [0.5, 0.6) is 5.75 Å². The Morgan fingerprint density at radius 1 is 1.09 bits per heavy atom. The zero-order valence-electron chi connectivity index (χ0n) is 13.0. The highest BCUT2D eigenvalue weighted by atomic mass is 16.5. The molecule has 22 heavy (non-hydrogen) atoms. The predicted octanol–water partition coefficient (Wildman–Crippen LogP) is 3.91. The molecule has 0 amide bonds. The Morgan fingerprint density at radius 2 is 1.91 bits per heavy atom. The molecule has 1 heterocycles. The van der Waals surface area contributed by atoms with Gasteiger partial charge < -0.3 is 9.47 Å². The molecule has 3 nitrogen and oxygen atoms in total. The van der Waals surface area contributed by atoms with Gasteiger partial charge in [-0.2, -0.15) is 0 Å². The summed E-state index contributed by atoms with van der Waals surface area (Å²) in [5, 5.41) is 0. The van der Waals surface area contributed by atoms with Crippen LogP contribution in [0.4, 0.5) is 0 Å². The average Bonchev–Trinajstić information content (AvgIpc) is 2.53. The number of carbonyl (C=O) groups is 1. The Labute approximate surface area is 130 Å². The number of aryl methyl sites for hydroxylation is 2. The molecular weight excluding hydrogens is 276 g/mol. The highest BCUT2D eigenvalue weighted by Gasteiger charge is 2.19. The van der Waals surface area contributed by atoms with Crippen LogP contribution in [-0.4, -0.2) is 19.7 Å². The van der Waals surface area contributed by atoms with Crippen molar-refractivity contribution in [3.8, 4) is 5.75 Å². The van der Waals surface area contributed by atoms with Crippen LogP contribution in [0, 0.1) is 13.8 Å². The van der Waals surface area contributed by atoms with E-state index in [1.807, 2.05) is 12.1 Å². The molecule has 0 unspecified atom stereocenters. The van der Waals surface area contributed by atoms with Crippen LogP contribution < -0.4 is 4.74 Å². The van der Waals surface area contributed by atoms with Crippen LogP contribution in [0.15, 0.2) is 42.5 Å². The summed E-state index contributed by atoms with van der Waals surface area (Å²) in [7, 11) is 1.39. The fourth-order valence-corrected chi connectivity index (χ4v) is 2.81. The number of hydrogen-bond donors (Lipinski definition) is 0. The van der Waals surface area contributed by atoms with Crippen molar-refractivity contribution < 1.29 is 14.3 Å². The smallest absolute Gasteiger partial charge is 0.337 e. The number of ether oxygens (including phenoxy) is 2. The van der Waals surface area contributed by atoms with Crippen molar-refractivity contribution in [2.75, 3.05) is 13.7 Å². The number of methoxy groups -OCH3 is 1. The number of carbonyl (C=O) groups excluding carboxylic acids is 1. The second-order valence-corrected chi connectivity index (χ2v) is 5.45. The second kappa shape index (κ2) is 5.68. The average molecular weight is 294 g/mol. The molecule has 0 atom stereocenters. The lowest BCUT2D eigenvalue weighted by atomic mass is 9.90. The second-order valence-electron chi connectivity index (χ2n) is 5.45. The number of fused-ring (bicyclic) bond motifs is 1. The van der Waals surface area contributed by atoms with Gasteiger partial charge in [-0.15, -0.1) is 0 Å². The molecule has 3 heteroatoms. The van der Waals surface area contributed by atoms with E-state index in [0.29, 0.717) is 12.2 Å². The van der Waals surface area contributed by atoms with E-state index in [1.54, 1.807) is 6.07 Å². The van der Waals surface area contributed by atoms with Gasteiger partial charge in [-0.05, 0) is 54.8 Å². The molecule has 0 aliphatic carbocycles. The molecule has 3 rings (SSSR count). The Balaban J connectivity index is 2.12. The molecule has 2 aromatic rings. The van der Waals surface area contributed by atoms with E-state index in [1.165, 1.54) is 18.2 Å². The summed E-state index contributed by atoms with van der Waals surface area (Å²) in [6.07, 6.45) is 2.06. The summed E-state index contributed by atoms with van der Waals surface area (Å²) in [4.78, 5) is 11.8. The van der Waals surface area contributed by atoms with Crippen LogP contribution in [-0.2, 0) is 4.74 Å². The van der Waals surface area contributed by atoms with Crippen LogP contribution in [0.25, 0.3) is 5.57 Å². The molecule has 0 bridgehead atoms. The minimum atomic E-state index is -0.339. The first-order valence-corrected chi connectivity index (χ1v) is 7.23. The lowest BCUT2D eigenvalue weighted by Crippen LogP contribution is -2.09. The van der Waals surface area contributed by atoms with E-state index in [9.17, 15) is 4.79 Å². The first-order chi connectivity index (χ1) is 10.6. The van der Waals surface area contributed by atoms with Crippen molar-refractivity contribution in [2.24, 2.45) is 0 Å². The Kier molecular flexibility index (Phi) is 3.72. The largest absolute Gasteiger partial charge is 0.489 e. The van der Waals surface area contributed by atoms with Crippen molar-refractivity contribution in [3.63, 3.8) is 0 Å². The first kappa shape index (κ1) is 14.4. The highest BCUT2D eigenvalue weighted by molar-refractivity contribution is 5.93. The van der Waals surface area contributed by atoms with Crippen LogP contribution >= 0.6 is 0 Å². The molecule has 0 spiro atoms. The minimum absolute atomic E-state index is 0.339. The van der Waals surface area contributed by atoms with Crippen LogP contribution in [0.2, 0.25) is 0 Å². The zero-order valence-corrected chi connectivity index (χ0v) is 13.0. The van der Waals surface area contributed by atoms with E-state index in [4.69, 9.17) is 9.47 Å². The Bertz CT molecular complexity index is 772. The quantitative estimate of drug-likeness (QED) is 0.788. The van der Waals surface area contributed by atoms with Crippen molar-refractivity contribution in [1.82, 2.24) is 0 Å². The molecule has 2 aromatic carbocycles. The molecule has 0 saturated carbocycles. The van der Waals surface area contributed by atoms with E-state index in [0.717, 1.165) is 22.4 Å². The molecule has 0 saturated heterocycles. The number of esters is 1. The third kappa shape index (κ3) is 2.50. The summed E-state index contributed by atoms with van der Waals surface area (Å²) in [6, 6.07) is 11.8. The lowest BCUT2D eigenvalue weighted by Gasteiger charge is -2.21. The monoisotopic (exact) mass is 294 g/mol. The van der Waals surface area contributed by atoms with Crippen LogP contribution in [0.1, 0.15) is 32.6 Å². The van der Waals surface area contributed by atoms with Gasteiger partial charge in [-0.3, -0.25) is 0 Å². The van der Waals surface area contributed by atoms with Gasteiger partial charge in [0.25, 0.3) is 0 Å². The maximum atomic E-state index is 11.8. The van der Waals surface area contributed by atoms with Gasteiger partial charge in [-0.25, -0.2) is 4.79 Å². The predicted molar refractivity (Wildman–Crippen MR) is 86.3 cm³/mol. The molecule has 1 aliphatic heterocycles. The van der Waals surface area contributed by atoms with E-state index >= 15 is 0 Å². The van der Waals surface area contributed by atoms with Crippen molar-refractivity contribution in [2.45, 2.75) is 13.8 Å². The summed E-state index contributed by atoms with van der Waals surface area (Å²) in [6.45, 7) is 4.72. The Morgan fingerprint density at radius 3 is 2.64 bits per heavy atom. The van der Waals surface area contributed by atoms with Gasteiger partial charge in [-0.1, -0.05) is 23.8 Å². The molecule has 1 aliphatic rings. The summed E-state index contributed by atoms with van der Waals surface area (Å²) >= 11 is 0. The maximum absolute atomic E-state index is 11.8. The van der Waals surface area contributed by atoms with Gasteiger partial charge in [0.05, 0.1) is 12.7 Å². The summed E-state index contributed by atoms with van der Waals surface area (Å²) < 4.78 is 10.5. The summed E-state index contributed by atoms with van der Waals surface area (Å²) in [5.74, 6) is 0.457. The number of rotatable bonds is 2. The van der Waals surface area contributed by atoms with Crippen molar-refractivity contribution >= 4 is 11.5 Å². The fraction of sp³-hybridized carbons (Fsp3) is 0.211. The Hall–Kier alpha value is -2.55. The third-order valence-corrected chi connectivity index (χ3v) is 3.89. The summed E-state index contributed by atoms with van der Waals surface area (Å²) in [5.41, 5.74) is 6.17. The zero-order chi connectivity index (χ0) is 15.7. The van der Waals surface area contributed by atoms with Gasteiger partial charge in [0.1, 0.15) is 12.4 Å². The first-order valence-electron chi connectivity index (χ1n) is 7.23. The highest BCUT2D eigenvalue weighted by Crippen LogP contribution is 2.36. The SMILES string of the molecule is COC(=O)c1ccc2c(c1)C(c1ccc(C)cc1C)=CCO2. The van der Waals surface area contributed by atoms with Gasteiger partial charge in [0, 0.05) is 5.56 Å². The maximum Gasteiger partial charge on any atom is 0.337 e. The molecule has 0 radical (unpaired) electrons. The molecule has 0 N–H and O–H groups in total. The van der Waals surface area contributed by atoms with Crippen molar-refractivity contribution in [3.05, 3.63) is 70.3 Å². The molecule has 0 fully saturated rings. The van der Waals surface area contributed by atoms with Gasteiger partial charge in [0.2, 0.25) is 0 Å².